The van der Waals surface area contributed by atoms with E-state index in [4.69, 9.17) is 5.11 Å². The number of halogens is 2. The van der Waals surface area contributed by atoms with Crippen LogP contribution in [0.1, 0.15) is 0 Å². The van der Waals surface area contributed by atoms with Crippen LogP contribution >= 0.6 is 0 Å². The van der Waals surface area contributed by atoms with Crippen LogP contribution in [-0.2, 0) is 0 Å². The molecule has 0 aromatic rings. The molecule has 0 rings (SSSR count). The Morgan fingerprint density at radius 1 is 0.857 bits per heavy atom. The van der Waals surface area contributed by atoms with Crippen molar-refractivity contribution in [3.63, 3.8) is 0 Å². The van der Waals surface area contributed by atoms with Gasteiger partial charge < -0.3 is 29.9 Å². The van der Waals surface area contributed by atoms with E-state index in [1.165, 1.54) is 0 Å². The summed E-state index contributed by atoms with van der Waals surface area (Å²) in [7, 11) is 1.00. The quantitative estimate of drug-likeness (QED) is 0.331. The van der Waals surface area contributed by atoms with Crippen LogP contribution in [-0.4, -0.2) is 12.2 Å². The molecule has 0 fully saturated rings. The zero-order valence-electron chi connectivity index (χ0n) is 5.20. The summed E-state index contributed by atoms with van der Waals surface area (Å²) in [5.74, 6) is 0. The van der Waals surface area contributed by atoms with Gasteiger partial charge in [0.15, 0.2) is 0 Å². The minimum atomic E-state index is 0. The molecule has 0 amide bonds. The average molecular weight is 140 g/mol. The molecule has 0 spiro atoms. The van der Waals surface area contributed by atoms with Crippen LogP contribution in [0.3, 0.4) is 0 Å². The Hall–Kier alpha value is 2.73. The molecule has 30 valence electrons. The fourth-order valence-corrected chi connectivity index (χ4v) is 0. The molecule has 0 aliphatic rings. The van der Waals surface area contributed by atoms with Crippen LogP contribution in [0, 0.1) is 0 Å². The average Bonchev–Trinajstić information content (AvgIpc) is 1.00. The zero-order valence-corrected chi connectivity index (χ0v) is 8.72. The first-order valence-corrected chi connectivity index (χ1v) is 0.447. The van der Waals surface area contributed by atoms with E-state index in [9.17, 15) is 0 Å². The Morgan fingerprint density at radius 3 is 0.857 bits per heavy atom. The summed E-state index contributed by atoms with van der Waals surface area (Å²) in [6.45, 7) is 0. The normalized spacial score (nSPS) is 0.857. The molecule has 0 aliphatic heterocycles. The molecule has 0 saturated heterocycles. The van der Waals surface area contributed by atoms with Gasteiger partial charge in [-0.3, -0.25) is 0 Å². The molecule has 6 heteroatoms. The first-order chi connectivity index (χ1) is 1.00. The summed E-state index contributed by atoms with van der Waals surface area (Å²) in [5.41, 5.74) is 0. The molecule has 0 unspecified atom stereocenters. The Morgan fingerprint density at radius 2 is 0.857 bits per heavy atom. The Balaban J connectivity index is -0.000000000500. The van der Waals surface area contributed by atoms with E-state index < -0.39 is 0 Å². The van der Waals surface area contributed by atoms with Gasteiger partial charge in [0.05, 0.1) is 0 Å². The summed E-state index contributed by atoms with van der Waals surface area (Å²) in [4.78, 5) is 0. The van der Waals surface area contributed by atoms with E-state index in [0.29, 0.717) is 0 Å². The predicted octanol–water partition coefficient (Wildman–Crippen LogP) is -15.4. The molecular formula is CH4Cl2Li2NaO+. The molecule has 0 saturated carbocycles. The van der Waals surface area contributed by atoms with Gasteiger partial charge in [-0.25, -0.2) is 0 Å². The summed E-state index contributed by atoms with van der Waals surface area (Å²) in [6.07, 6.45) is 0. The van der Waals surface area contributed by atoms with E-state index >= 15 is 0 Å². The third kappa shape index (κ3) is 53.0. The number of hydrogen-bond acceptors (Lipinski definition) is 1. The molecule has 1 nitrogen and oxygen atoms in total. The van der Waals surface area contributed by atoms with Crippen LogP contribution in [0.5, 0.6) is 0 Å². The second kappa shape index (κ2) is 69.9. The monoisotopic (exact) mass is 139 g/mol. The fraction of sp³-hybridized carbons (Fsp3) is 1.00. The maximum absolute atomic E-state index is 7.00. The van der Waals surface area contributed by atoms with Crippen LogP contribution in [0.4, 0.5) is 0 Å². The summed E-state index contributed by atoms with van der Waals surface area (Å²) in [6, 6.07) is 0. The standard InChI is InChI=1S/CH4O.2ClH.2Li.Na/c1-2;;;;;/h2H,1H3;2*1H;;;/q;;;3*+1/p-2. The Kier molecular flexibility index (Phi) is 531. The maximum atomic E-state index is 7.00. The van der Waals surface area contributed by atoms with Gasteiger partial charge in [0.2, 0.25) is 0 Å². The second-order valence-corrected chi connectivity index (χ2v) is 0. The molecule has 0 heterocycles. The van der Waals surface area contributed by atoms with Gasteiger partial charge in [-0.15, -0.1) is 0 Å². The molecule has 1 N–H and O–H groups in total. The van der Waals surface area contributed by atoms with E-state index in [0.717, 1.165) is 7.11 Å². The van der Waals surface area contributed by atoms with Crippen molar-refractivity contribution < 1.29 is 97.2 Å². The van der Waals surface area contributed by atoms with Gasteiger partial charge in [-0.1, -0.05) is 0 Å². The number of hydrogen-bond donors (Lipinski definition) is 1. The SMILES string of the molecule is CO.[Cl-].[Cl-].[Li+].[Li+].[Na+]. The summed E-state index contributed by atoms with van der Waals surface area (Å²) in [5, 5.41) is 7.00. The van der Waals surface area contributed by atoms with E-state index in [-0.39, 0.29) is 92.1 Å². The van der Waals surface area contributed by atoms with E-state index in [1.54, 1.807) is 0 Å². The first-order valence-electron chi connectivity index (χ1n) is 0.447. The molecule has 0 bridgehead atoms. The second-order valence-electron chi connectivity index (χ2n) is 0. The van der Waals surface area contributed by atoms with E-state index in [1.807, 2.05) is 0 Å². The van der Waals surface area contributed by atoms with Gasteiger partial charge >= 0.3 is 67.3 Å². The predicted molar refractivity (Wildman–Crippen MR) is 8.14 cm³/mol. The van der Waals surface area contributed by atoms with Gasteiger partial charge in [-0.05, 0) is 0 Å². The summed E-state index contributed by atoms with van der Waals surface area (Å²) < 4.78 is 0. The minimum absolute atomic E-state index is 0. The molecule has 0 aliphatic carbocycles. The molecule has 7 heavy (non-hydrogen) atoms. The van der Waals surface area contributed by atoms with Gasteiger partial charge in [0.25, 0.3) is 0 Å². The van der Waals surface area contributed by atoms with Crippen molar-refractivity contribution in [1.29, 1.82) is 0 Å². The molecule has 0 atom stereocenters. The van der Waals surface area contributed by atoms with Crippen LogP contribution < -0.4 is 92.1 Å². The van der Waals surface area contributed by atoms with Crippen LogP contribution in [0.25, 0.3) is 0 Å². The summed E-state index contributed by atoms with van der Waals surface area (Å²) >= 11 is 0. The number of aliphatic hydroxyl groups excluding tert-OH is 1. The van der Waals surface area contributed by atoms with Crippen molar-refractivity contribution in [2.45, 2.75) is 0 Å². The van der Waals surface area contributed by atoms with E-state index in [2.05, 4.69) is 0 Å². The van der Waals surface area contributed by atoms with Gasteiger partial charge in [0, 0.05) is 7.11 Å². The van der Waals surface area contributed by atoms with Crippen molar-refractivity contribution in [3.8, 4) is 0 Å². The molecular weight excluding hydrogens is 136 g/mol. The molecule has 0 aromatic carbocycles. The largest absolute Gasteiger partial charge is 1.00 e. The molecule has 0 radical (unpaired) electrons. The Bertz CT molecular complexity index is 15.7. The maximum Gasteiger partial charge on any atom is 1.00 e. The number of rotatable bonds is 0. The topological polar surface area (TPSA) is 20.2 Å². The number of aliphatic hydroxyl groups is 1. The molecule has 0 aromatic heterocycles. The smallest absolute Gasteiger partial charge is 1.00 e. The van der Waals surface area contributed by atoms with Crippen molar-refractivity contribution in [2.75, 3.05) is 7.11 Å². The zero-order chi connectivity index (χ0) is 2.00. The third-order valence-electron chi connectivity index (χ3n) is 0. The van der Waals surface area contributed by atoms with Gasteiger partial charge in [0.1, 0.15) is 0 Å². The van der Waals surface area contributed by atoms with Crippen molar-refractivity contribution in [2.24, 2.45) is 0 Å². The van der Waals surface area contributed by atoms with Crippen LogP contribution in [0.15, 0.2) is 0 Å². The van der Waals surface area contributed by atoms with Crippen molar-refractivity contribution in [3.05, 3.63) is 0 Å². The van der Waals surface area contributed by atoms with Crippen molar-refractivity contribution in [1.82, 2.24) is 0 Å². The van der Waals surface area contributed by atoms with Crippen LogP contribution in [0.2, 0.25) is 0 Å². The minimum Gasteiger partial charge on any atom is -1.00 e. The Labute approximate surface area is 103 Å². The first kappa shape index (κ1) is 53.2. The fourth-order valence-electron chi connectivity index (χ4n) is 0. The van der Waals surface area contributed by atoms with Crippen molar-refractivity contribution >= 4 is 0 Å². The van der Waals surface area contributed by atoms with Gasteiger partial charge in [-0.2, -0.15) is 0 Å². The third-order valence-corrected chi connectivity index (χ3v) is 0.